The molecule has 0 aliphatic heterocycles. The Labute approximate surface area is 141 Å². The highest BCUT2D eigenvalue weighted by Crippen LogP contribution is 2.27. The summed E-state index contributed by atoms with van der Waals surface area (Å²) in [6.45, 7) is 2.91. The number of methoxy groups -OCH3 is 1. The molecule has 0 spiro atoms. The van der Waals surface area contributed by atoms with Crippen molar-refractivity contribution in [3.05, 3.63) is 40.7 Å². The molecule has 0 saturated carbocycles. The van der Waals surface area contributed by atoms with Gasteiger partial charge in [0, 0.05) is 29.9 Å². The number of carbonyl (C=O) groups excluding carboxylic acids is 1. The van der Waals surface area contributed by atoms with Gasteiger partial charge in [-0.2, -0.15) is 5.10 Å². The van der Waals surface area contributed by atoms with Gasteiger partial charge in [0.05, 0.1) is 25.5 Å². The van der Waals surface area contributed by atoms with E-state index in [1.807, 2.05) is 36.8 Å². The molecule has 1 aromatic carbocycles. The van der Waals surface area contributed by atoms with Crippen molar-refractivity contribution in [3.63, 3.8) is 0 Å². The molecule has 0 unspecified atom stereocenters. The summed E-state index contributed by atoms with van der Waals surface area (Å²) in [4.78, 5) is 14.1. The monoisotopic (exact) mass is 336 g/mol. The summed E-state index contributed by atoms with van der Waals surface area (Å²) in [5, 5.41) is 7.58. The van der Waals surface area contributed by atoms with E-state index in [9.17, 15) is 4.79 Å². The first-order valence-corrected chi connectivity index (χ1v) is 7.58. The maximum Gasteiger partial charge on any atom is 0.238 e. The maximum atomic E-state index is 12.2. The predicted molar refractivity (Wildman–Crippen MR) is 90.9 cm³/mol. The molecule has 0 aliphatic carbocycles. The number of rotatable bonds is 6. The molecular weight excluding hydrogens is 316 g/mol. The van der Waals surface area contributed by atoms with Gasteiger partial charge in [-0.1, -0.05) is 11.6 Å². The molecule has 1 aromatic heterocycles. The van der Waals surface area contributed by atoms with E-state index in [1.54, 1.807) is 25.3 Å². The van der Waals surface area contributed by atoms with Crippen molar-refractivity contribution in [2.75, 3.05) is 26.0 Å². The maximum absolute atomic E-state index is 12.2. The van der Waals surface area contributed by atoms with Crippen LogP contribution in [-0.4, -0.2) is 41.3 Å². The lowest BCUT2D eigenvalue weighted by Crippen LogP contribution is -2.30. The number of aryl methyl sites for hydroxylation is 1. The lowest BCUT2D eigenvalue weighted by molar-refractivity contribution is -0.117. The molecule has 0 bridgehead atoms. The fraction of sp³-hybridized carbons (Fsp3) is 0.375. The lowest BCUT2D eigenvalue weighted by atomic mass is 10.2. The fourth-order valence-corrected chi connectivity index (χ4v) is 2.43. The van der Waals surface area contributed by atoms with Crippen LogP contribution in [0, 0.1) is 6.92 Å². The highest BCUT2D eigenvalue weighted by molar-refractivity contribution is 6.31. The molecule has 0 saturated heterocycles. The molecule has 1 heterocycles. The SMILES string of the molecule is COc1ccc(Cl)cc1NC(=O)CN(C)Cc1cnn(C)c1C. The fourth-order valence-electron chi connectivity index (χ4n) is 2.26. The van der Waals surface area contributed by atoms with E-state index >= 15 is 0 Å². The van der Waals surface area contributed by atoms with Crippen molar-refractivity contribution in [1.82, 2.24) is 14.7 Å². The Kier molecular flexibility index (Phi) is 5.63. The summed E-state index contributed by atoms with van der Waals surface area (Å²) in [6, 6.07) is 5.11. The van der Waals surface area contributed by atoms with E-state index < -0.39 is 0 Å². The average molecular weight is 337 g/mol. The van der Waals surface area contributed by atoms with Gasteiger partial charge in [0.1, 0.15) is 5.75 Å². The molecule has 0 aliphatic rings. The van der Waals surface area contributed by atoms with Gasteiger partial charge in [0.25, 0.3) is 0 Å². The first-order valence-electron chi connectivity index (χ1n) is 7.20. The minimum atomic E-state index is -0.130. The van der Waals surface area contributed by atoms with Gasteiger partial charge in [0.15, 0.2) is 0 Å². The summed E-state index contributed by atoms with van der Waals surface area (Å²) < 4.78 is 7.04. The van der Waals surface area contributed by atoms with Crippen LogP contribution < -0.4 is 10.1 Å². The molecule has 23 heavy (non-hydrogen) atoms. The number of hydrogen-bond donors (Lipinski definition) is 1. The van der Waals surface area contributed by atoms with Crippen molar-refractivity contribution in [1.29, 1.82) is 0 Å². The zero-order valence-corrected chi connectivity index (χ0v) is 14.5. The Morgan fingerprint density at radius 2 is 2.22 bits per heavy atom. The second-order valence-corrected chi connectivity index (χ2v) is 5.88. The Morgan fingerprint density at radius 3 is 2.83 bits per heavy atom. The van der Waals surface area contributed by atoms with Crippen molar-refractivity contribution in [3.8, 4) is 5.75 Å². The Bertz CT molecular complexity index is 699. The number of likely N-dealkylation sites (N-methyl/N-ethyl adjacent to an activating group) is 1. The van der Waals surface area contributed by atoms with Crippen molar-refractivity contribution < 1.29 is 9.53 Å². The summed E-state index contributed by atoms with van der Waals surface area (Å²) in [6.07, 6.45) is 1.82. The van der Waals surface area contributed by atoms with E-state index in [2.05, 4.69) is 10.4 Å². The van der Waals surface area contributed by atoms with E-state index in [-0.39, 0.29) is 12.5 Å². The Hall–Kier alpha value is -2.05. The van der Waals surface area contributed by atoms with Gasteiger partial charge in [0.2, 0.25) is 5.91 Å². The van der Waals surface area contributed by atoms with E-state index in [0.29, 0.717) is 23.0 Å². The van der Waals surface area contributed by atoms with Gasteiger partial charge < -0.3 is 10.1 Å². The van der Waals surface area contributed by atoms with Crippen LogP contribution in [-0.2, 0) is 18.4 Å². The van der Waals surface area contributed by atoms with Crippen LogP contribution in [0.25, 0.3) is 0 Å². The lowest BCUT2D eigenvalue weighted by Gasteiger charge is -2.17. The third-order valence-electron chi connectivity index (χ3n) is 3.63. The second kappa shape index (κ2) is 7.48. The van der Waals surface area contributed by atoms with Crippen LogP contribution in [0.15, 0.2) is 24.4 Å². The topological polar surface area (TPSA) is 59.4 Å². The van der Waals surface area contributed by atoms with E-state index in [4.69, 9.17) is 16.3 Å². The molecule has 2 rings (SSSR count). The molecule has 7 heteroatoms. The molecule has 6 nitrogen and oxygen atoms in total. The van der Waals surface area contributed by atoms with Crippen LogP contribution >= 0.6 is 11.6 Å². The molecule has 0 atom stereocenters. The number of nitrogens with one attached hydrogen (secondary N) is 1. The quantitative estimate of drug-likeness (QED) is 0.880. The molecule has 2 aromatic rings. The molecular formula is C16H21ClN4O2. The number of nitrogens with zero attached hydrogens (tertiary/aromatic N) is 3. The third kappa shape index (κ3) is 4.46. The number of benzene rings is 1. The summed E-state index contributed by atoms with van der Waals surface area (Å²) in [5.41, 5.74) is 2.76. The van der Waals surface area contributed by atoms with Crippen LogP contribution in [0.1, 0.15) is 11.3 Å². The Balaban J connectivity index is 1.96. The van der Waals surface area contributed by atoms with Crippen LogP contribution in [0.5, 0.6) is 5.75 Å². The zero-order chi connectivity index (χ0) is 17.0. The van der Waals surface area contributed by atoms with Gasteiger partial charge in [-0.25, -0.2) is 0 Å². The zero-order valence-electron chi connectivity index (χ0n) is 13.8. The predicted octanol–water partition coefficient (Wildman–Crippen LogP) is 2.46. The first-order chi connectivity index (χ1) is 10.9. The van der Waals surface area contributed by atoms with E-state index in [1.165, 1.54) is 0 Å². The van der Waals surface area contributed by atoms with Crippen molar-refractivity contribution in [2.45, 2.75) is 13.5 Å². The smallest absolute Gasteiger partial charge is 0.238 e. The molecule has 124 valence electrons. The summed E-state index contributed by atoms with van der Waals surface area (Å²) >= 11 is 5.96. The largest absolute Gasteiger partial charge is 0.495 e. The van der Waals surface area contributed by atoms with Gasteiger partial charge >= 0.3 is 0 Å². The standard InChI is InChI=1S/C16H21ClN4O2/c1-11-12(8-18-21(11)3)9-20(2)10-16(22)19-14-7-13(17)5-6-15(14)23-4/h5-8H,9-10H2,1-4H3,(H,19,22). The summed E-state index contributed by atoms with van der Waals surface area (Å²) in [5.74, 6) is 0.447. The molecule has 1 amide bonds. The average Bonchev–Trinajstić information content (AvgIpc) is 2.79. The minimum Gasteiger partial charge on any atom is -0.495 e. The molecule has 1 N–H and O–H groups in total. The number of carbonyl (C=O) groups is 1. The van der Waals surface area contributed by atoms with Crippen LogP contribution in [0.2, 0.25) is 5.02 Å². The molecule has 0 radical (unpaired) electrons. The second-order valence-electron chi connectivity index (χ2n) is 5.44. The number of anilines is 1. The number of amides is 1. The third-order valence-corrected chi connectivity index (χ3v) is 3.86. The van der Waals surface area contributed by atoms with Gasteiger partial charge in [-0.05, 0) is 32.2 Å². The minimum absolute atomic E-state index is 0.130. The summed E-state index contributed by atoms with van der Waals surface area (Å²) in [7, 11) is 5.34. The highest BCUT2D eigenvalue weighted by Gasteiger charge is 2.13. The number of aromatic nitrogens is 2. The first kappa shape index (κ1) is 17.3. The van der Waals surface area contributed by atoms with Crippen LogP contribution in [0.4, 0.5) is 5.69 Å². The molecule has 0 fully saturated rings. The Morgan fingerprint density at radius 1 is 1.48 bits per heavy atom. The van der Waals surface area contributed by atoms with E-state index in [0.717, 1.165) is 11.3 Å². The van der Waals surface area contributed by atoms with Gasteiger partial charge in [-0.15, -0.1) is 0 Å². The number of halogens is 1. The number of hydrogen-bond acceptors (Lipinski definition) is 4. The highest BCUT2D eigenvalue weighted by atomic mass is 35.5. The van der Waals surface area contributed by atoms with Crippen molar-refractivity contribution >= 4 is 23.2 Å². The normalized spacial score (nSPS) is 10.9. The van der Waals surface area contributed by atoms with Gasteiger partial charge in [-0.3, -0.25) is 14.4 Å². The number of ether oxygens (including phenoxy) is 1. The van der Waals surface area contributed by atoms with Crippen LogP contribution in [0.3, 0.4) is 0 Å². The van der Waals surface area contributed by atoms with Crippen molar-refractivity contribution in [2.24, 2.45) is 7.05 Å².